The predicted octanol–water partition coefficient (Wildman–Crippen LogP) is 4.17. The lowest BCUT2D eigenvalue weighted by Gasteiger charge is -2.26. The molecule has 1 saturated heterocycles. The molecule has 32 heavy (non-hydrogen) atoms. The van der Waals surface area contributed by atoms with Crippen molar-refractivity contribution in [1.29, 1.82) is 0 Å². The zero-order chi connectivity index (χ0) is 22.7. The third-order valence-corrected chi connectivity index (χ3v) is 8.19. The lowest BCUT2D eigenvalue weighted by Crippen LogP contribution is -2.36. The molecule has 4 rings (SSSR count). The van der Waals surface area contributed by atoms with Crippen molar-refractivity contribution < 1.29 is 22.7 Å². The lowest BCUT2D eigenvalue weighted by atomic mass is 10.0. The average Bonchev–Trinajstić information content (AvgIpc) is 2.82. The summed E-state index contributed by atoms with van der Waals surface area (Å²) < 4.78 is 38.9. The number of hydrogen-bond acceptors (Lipinski definition) is 5. The molecule has 1 fully saturated rings. The molecule has 172 valence electrons. The molecular formula is C23H27ClN2O5S. The third-order valence-electron chi connectivity index (χ3n) is 5.81. The summed E-state index contributed by atoms with van der Waals surface area (Å²) in [6, 6.07) is 9.73. The molecule has 2 aromatic carbocycles. The fourth-order valence-electron chi connectivity index (χ4n) is 4.03. The monoisotopic (exact) mass is 478 g/mol. The minimum atomic E-state index is -3.75. The molecule has 2 heterocycles. The van der Waals surface area contributed by atoms with Crippen molar-refractivity contribution in [3.8, 4) is 11.5 Å². The first kappa shape index (κ1) is 22.9. The number of fused-ring (bicyclic) bond motifs is 1. The molecule has 9 heteroatoms. The van der Waals surface area contributed by atoms with Crippen LogP contribution in [0.25, 0.3) is 0 Å². The van der Waals surface area contributed by atoms with Gasteiger partial charge in [-0.15, -0.1) is 0 Å². The van der Waals surface area contributed by atoms with Crippen LogP contribution < -0.4 is 14.8 Å². The summed E-state index contributed by atoms with van der Waals surface area (Å²) in [5.41, 5.74) is 1.14. The van der Waals surface area contributed by atoms with E-state index in [1.54, 1.807) is 6.07 Å². The summed E-state index contributed by atoms with van der Waals surface area (Å²) in [4.78, 5) is 13.0. The van der Waals surface area contributed by atoms with Gasteiger partial charge in [0.25, 0.3) is 5.91 Å². The third kappa shape index (κ3) is 4.72. The highest BCUT2D eigenvalue weighted by molar-refractivity contribution is 7.89. The smallest absolute Gasteiger partial charge is 0.251 e. The number of amides is 1. The van der Waals surface area contributed by atoms with Gasteiger partial charge in [-0.25, -0.2) is 8.42 Å². The first-order valence-corrected chi connectivity index (χ1v) is 12.7. The molecule has 1 N–H and O–H groups in total. The van der Waals surface area contributed by atoms with E-state index in [0.29, 0.717) is 44.2 Å². The largest absolute Gasteiger partial charge is 0.486 e. The zero-order valence-electron chi connectivity index (χ0n) is 18.0. The minimum Gasteiger partial charge on any atom is -0.486 e. The van der Waals surface area contributed by atoms with Crippen LogP contribution in [0.4, 0.5) is 0 Å². The molecule has 1 unspecified atom stereocenters. The van der Waals surface area contributed by atoms with Gasteiger partial charge >= 0.3 is 0 Å². The Kier molecular flexibility index (Phi) is 6.93. The highest BCUT2D eigenvalue weighted by atomic mass is 35.5. The van der Waals surface area contributed by atoms with Crippen LogP contribution in [0.15, 0.2) is 41.3 Å². The highest BCUT2D eigenvalue weighted by Gasteiger charge is 2.29. The Morgan fingerprint density at radius 2 is 1.78 bits per heavy atom. The average molecular weight is 479 g/mol. The molecule has 1 amide bonds. The molecule has 0 radical (unpaired) electrons. The molecule has 0 aromatic heterocycles. The summed E-state index contributed by atoms with van der Waals surface area (Å²) in [6.07, 6.45) is 3.31. The molecule has 1 atom stereocenters. The molecule has 2 aliphatic rings. The van der Waals surface area contributed by atoms with Gasteiger partial charge in [-0.05, 0) is 55.2 Å². The Balaban J connectivity index is 1.56. The Morgan fingerprint density at radius 3 is 2.50 bits per heavy atom. The van der Waals surface area contributed by atoms with E-state index < -0.39 is 10.0 Å². The van der Waals surface area contributed by atoms with E-state index in [1.165, 1.54) is 16.4 Å². The second-order valence-electron chi connectivity index (χ2n) is 7.95. The number of halogens is 1. The van der Waals surface area contributed by atoms with Crippen LogP contribution in [-0.2, 0) is 10.0 Å². The topological polar surface area (TPSA) is 84.9 Å². The van der Waals surface area contributed by atoms with E-state index in [-0.39, 0.29) is 27.4 Å². The van der Waals surface area contributed by atoms with E-state index in [4.69, 9.17) is 21.1 Å². The van der Waals surface area contributed by atoms with E-state index in [2.05, 4.69) is 5.32 Å². The standard InChI is InChI=1S/C23H27ClN2O5S/c1-2-19(16-7-9-20-21(14-16)31-13-12-30-20)25-23(27)17-6-8-18(24)22(15-17)32(28,29)26-10-4-3-5-11-26/h6-9,14-15,19H,2-5,10-13H2,1H3,(H,25,27). The number of sulfonamides is 1. The zero-order valence-corrected chi connectivity index (χ0v) is 19.5. The van der Waals surface area contributed by atoms with Crippen LogP contribution in [0.2, 0.25) is 5.02 Å². The van der Waals surface area contributed by atoms with Gasteiger partial charge in [0.15, 0.2) is 11.5 Å². The molecule has 2 aliphatic heterocycles. The number of nitrogens with zero attached hydrogens (tertiary/aromatic N) is 1. The van der Waals surface area contributed by atoms with Gasteiger partial charge in [0, 0.05) is 18.7 Å². The fraction of sp³-hybridized carbons (Fsp3) is 0.435. The van der Waals surface area contributed by atoms with Crippen LogP contribution in [0.5, 0.6) is 11.5 Å². The number of nitrogens with one attached hydrogen (secondary N) is 1. The number of hydrogen-bond donors (Lipinski definition) is 1. The molecule has 0 bridgehead atoms. The number of piperidine rings is 1. The maximum Gasteiger partial charge on any atom is 0.251 e. The lowest BCUT2D eigenvalue weighted by molar-refractivity contribution is 0.0935. The Hall–Kier alpha value is -2.29. The van der Waals surface area contributed by atoms with Crippen LogP contribution >= 0.6 is 11.6 Å². The van der Waals surface area contributed by atoms with E-state index in [9.17, 15) is 13.2 Å². The molecule has 0 saturated carbocycles. The van der Waals surface area contributed by atoms with Crippen molar-refractivity contribution in [2.45, 2.75) is 43.5 Å². The number of carbonyl (C=O) groups excluding carboxylic acids is 1. The maximum atomic E-state index is 13.1. The van der Waals surface area contributed by atoms with Crippen molar-refractivity contribution in [1.82, 2.24) is 9.62 Å². The van der Waals surface area contributed by atoms with Gasteiger partial charge in [0.05, 0.1) is 11.1 Å². The minimum absolute atomic E-state index is 0.0268. The summed E-state index contributed by atoms with van der Waals surface area (Å²) >= 11 is 6.24. The number of ether oxygens (including phenoxy) is 2. The highest BCUT2D eigenvalue weighted by Crippen LogP contribution is 2.34. The van der Waals surface area contributed by atoms with E-state index in [1.807, 2.05) is 25.1 Å². The Bertz CT molecular complexity index is 1100. The summed E-state index contributed by atoms with van der Waals surface area (Å²) in [6.45, 7) is 3.91. The molecule has 2 aromatic rings. The molecule has 0 aliphatic carbocycles. The number of carbonyl (C=O) groups is 1. The first-order valence-electron chi connectivity index (χ1n) is 10.9. The van der Waals surface area contributed by atoms with Crippen molar-refractivity contribution in [2.24, 2.45) is 0 Å². The molecule has 0 spiro atoms. The quantitative estimate of drug-likeness (QED) is 0.673. The van der Waals surface area contributed by atoms with Gasteiger partial charge in [-0.1, -0.05) is 31.0 Å². The van der Waals surface area contributed by atoms with Crippen LogP contribution in [0.1, 0.15) is 54.6 Å². The number of benzene rings is 2. The van der Waals surface area contributed by atoms with Crippen molar-refractivity contribution in [3.63, 3.8) is 0 Å². The Labute approximate surface area is 193 Å². The Morgan fingerprint density at radius 1 is 1.06 bits per heavy atom. The predicted molar refractivity (Wildman–Crippen MR) is 122 cm³/mol. The maximum absolute atomic E-state index is 13.1. The van der Waals surface area contributed by atoms with Gasteiger partial charge in [0.1, 0.15) is 18.1 Å². The molecule has 7 nitrogen and oxygen atoms in total. The van der Waals surface area contributed by atoms with Crippen molar-refractivity contribution in [2.75, 3.05) is 26.3 Å². The second kappa shape index (κ2) is 9.68. The van der Waals surface area contributed by atoms with Crippen molar-refractivity contribution >= 4 is 27.5 Å². The van der Waals surface area contributed by atoms with E-state index in [0.717, 1.165) is 24.8 Å². The summed E-state index contributed by atoms with van der Waals surface area (Å²) in [5, 5.41) is 3.11. The molecular weight excluding hydrogens is 452 g/mol. The normalized spacial score (nSPS) is 17.6. The van der Waals surface area contributed by atoms with Gasteiger partial charge in [-0.3, -0.25) is 4.79 Å². The first-order chi connectivity index (χ1) is 15.4. The summed E-state index contributed by atoms with van der Waals surface area (Å²) in [7, 11) is -3.75. The van der Waals surface area contributed by atoms with Gasteiger partial charge in [0.2, 0.25) is 10.0 Å². The second-order valence-corrected chi connectivity index (χ2v) is 10.3. The van der Waals surface area contributed by atoms with Crippen LogP contribution in [-0.4, -0.2) is 44.9 Å². The SMILES string of the molecule is CCC(NC(=O)c1ccc(Cl)c(S(=O)(=O)N2CCCCC2)c1)c1ccc2c(c1)OCCO2. The van der Waals surface area contributed by atoms with E-state index >= 15 is 0 Å². The number of rotatable bonds is 6. The van der Waals surface area contributed by atoms with Crippen LogP contribution in [0, 0.1) is 0 Å². The fourth-order valence-corrected chi connectivity index (χ4v) is 6.04. The van der Waals surface area contributed by atoms with Gasteiger partial charge < -0.3 is 14.8 Å². The summed E-state index contributed by atoms with van der Waals surface area (Å²) in [5.74, 6) is 0.979. The van der Waals surface area contributed by atoms with Crippen molar-refractivity contribution in [3.05, 3.63) is 52.5 Å². The van der Waals surface area contributed by atoms with Gasteiger partial charge in [-0.2, -0.15) is 4.31 Å². The van der Waals surface area contributed by atoms with Crippen LogP contribution in [0.3, 0.4) is 0 Å².